The van der Waals surface area contributed by atoms with E-state index in [1.54, 1.807) is 0 Å². The molecule has 0 radical (unpaired) electrons. The molecular formula is C13H20N4O2S. The number of thiazole rings is 1. The summed E-state index contributed by atoms with van der Waals surface area (Å²) < 4.78 is 0. The van der Waals surface area contributed by atoms with E-state index in [0.29, 0.717) is 31.1 Å². The highest BCUT2D eigenvalue weighted by molar-refractivity contribution is 7.13. The summed E-state index contributed by atoms with van der Waals surface area (Å²) >= 11 is 1.35. The zero-order valence-electron chi connectivity index (χ0n) is 11.6. The number of hydrogen-bond donors (Lipinski definition) is 2. The van der Waals surface area contributed by atoms with Gasteiger partial charge >= 0.3 is 0 Å². The van der Waals surface area contributed by atoms with Crippen molar-refractivity contribution in [2.24, 2.45) is 0 Å². The number of piperidine rings is 1. The van der Waals surface area contributed by atoms with Crippen LogP contribution in [-0.4, -0.2) is 40.8 Å². The molecule has 0 spiro atoms. The highest BCUT2D eigenvalue weighted by Gasteiger charge is 2.23. The van der Waals surface area contributed by atoms with Crippen molar-refractivity contribution >= 4 is 28.3 Å². The van der Waals surface area contributed by atoms with Gasteiger partial charge in [-0.3, -0.25) is 9.59 Å². The van der Waals surface area contributed by atoms with Gasteiger partial charge in [-0.15, -0.1) is 11.3 Å². The van der Waals surface area contributed by atoms with Crippen LogP contribution in [0.5, 0.6) is 0 Å². The second-order valence-corrected chi connectivity index (χ2v) is 5.82. The number of aromatic nitrogens is 1. The van der Waals surface area contributed by atoms with Crippen molar-refractivity contribution in [3.8, 4) is 0 Å². The number of rotatable bonds is 4. The van der Waals surface area contributed by atoms with Crippen LogP contribution < -0.4 is 11.1 Å². The first kappa shape index (κ1) is 14.8. The molecule has 1 fully saturated rings. The summed E-state index contributed by atoms with van der Waals surface area (Å²) in [5.74, 6) is 0.156. The predicted octanol–water partition coefficient (Wildman–Crippen LogP) is 0.785. The molecule has 1 aromatic heterocycles. The Labute approximate surface area is 122 Å². The van der Waals surface area contributed by atoms with Crippen molar-refractivity contribution in [3.63, 3.8) is 0 Å². The summed E-state index contributed by atoms with van der Waals surface area (Å²) in [7, 11) is 0. The Kier molecular flexibility index (Phi) is 4.94. The van der Waals surface area contributed by atoms with Crippen LogP contribution in [0.4, 0.5) is 5.13 Å². The second-order valence-electron chi connectivity index (χ2n) is 4.93. The summed E-state index contributed by atoms with van der Waals surface area (Å²) in [6.45, 7) is 3.22. The van der Waals surface area contributed by atoms with Gasteiger partial charge in [0.05, 0.1) is 12.1 Å². The minimum Gasteiger partial charge on any atom is -0.375 e. The van der Waals surface area contributed by atoms with Crippen molar-refractivity contribution in [2.45, 2.75) is 38.6 Å². The van der Waals surface area contributed by atoms with E-state index in [9.17, 15) is 9.59 Å². The maximum atomic E-state index is 12.1. The first-order valence-corrected chi connectivity index (χ1v) is 7.73. The molecule has 0 aromatic carbocycles. The van der Waals surface area contributed by atoms with Gasteiger partial charge in [0.15, 0.2) is 5.13 Å². The van der Waals surface area contributed by atoms with E-state index in [0.717, 1.165) is 18.5 Å². The molecule has 0 unspecified atom stereocenters. The van der Waals surface area contributed by atoms with Crippen molar-refractivity contribution in [3.05, 3.63) is 11.1 Å². The van der Waals surface area contributed by atoms with Gasteiger partial charge in [0.2, 0.25) is 11.8 Å². The Morgan fingerprint density at radius 3 is 2.75 bits per heavy atom. The Hall–Kier alpha value is -1.63. The van der Waals surface area contributed by atoms with E-state index in [1.165, 1.54) is 11.3 Å². The number of hydrogen-bond acceptors (Lipinski definition) is 5. The molecule has 1 aliphatic heterocycles. The third-order valence-electron chi connectivity index (χ3n) is 3.44. The molecule has 2 heterocycles. The molecule has 2 amide bonds. The van der Waals surface area contributed by atoms with Gasteiger partial charge in [0.1, 0.15) is 0 Å². The Balaban J connectivity index is 1.78. The predicted molar refractivity (Wildman–Crippen MR) is 78.3 cm³/mol. The summed E-state index contributed by atoms with van der Waals surface area (Å²) in [4.78, 5) is 29.4. The van der Waals surface area contributed by atoms with Crippen LogP contribution in [0.1, 0.15) is 31.9 Å². The Bertz CT molecular complexity index is 480. The topological polar surface area (TPSA) is 88.3 Å². The van der Waals surface area contributed by atoms with Crippen LogP contribution in [0.3, 0.4) is 0 Å². The van der Waals surface area contributed by atoms with Crippen LogP contribution in [0.15, 0.2) is 5.38 Å². The van der Waals surface area contributed by atoms with Crippen molar-refractivity contribution in [1.82, 2.24) is 15.2 Å². The summed E-state index contributed by atoms with van der Waals surface area (Å²) in [6.07, 6.45) is 2.44. The monoisotopic (exact) mass is 296 g/mol. The van der Waals surface area contributed by atoms with Gasteiger partial charge in [-0.1, -0.05) is 6.92 Å². The average Bonchev–Trinajstić information content (AvgIpc) is 2.84. The molecule has 1 saturated heterocycles. The van der Waals surface area contributed by atoms with Crippen molar-refractivity contribution in [2.75, 3.05) is 18.8 Å². The molecule has 0 bridgehead atoms. The van der Waals surface area contributed by atoms with E-state index < -0.39 is 0 Å². The lowest BCUT2D eigenvalue weighted by Crippen LogP contribution is -2.46. The van der Waals surface area contributed by atoms with E-state index in [4.69, 9.17) is 5.73 Å². The van der Waals surface area contributed by atoms with Gasteiger partial charge < -0.3 is 16.0 Å². The van der Waals surface area contributed by atoms with E-state index in [1.807, 2.05) is 17.2 Å². The lowest BCUT2D eigenvalue weighted by Gasteiger charge is -2.32. The average molecular weight is 296 g/mol. The maximum Gasteiger partial charge on any atom is 0.228 e. The molecule has 0 atom stereocenters. The van der Waals surface area contributed by atoms with Gasteiger partial charge in [-0.05, 0) is 12.8 Å². The number of carbonyl (C=O) groups excluding carboxylic acids is 2. The molecule has 0 saturated carbocycles. The standard InChI is InChI=1S/C13H20N4O2S/c1-2-11(18)15-9-3-5-17(6-4-9)12(19)7-10-8-20-13(14)16-10/h8-9H,2-7H2,1H3,(H2,14,16)(H,15,18). The summed E-state index contributed by atoms with van der Waals surface area (Å²) in [5, 5.41) is 5.29. The smallest absolute Gasteiger partial charge is 0.228 e. The first-order chi connectivity index (χ1) is 9.58. The van der Waals surface area contributed by atoms with E-state index in [2.05, 4.69) is 10.3 Å². The third-order valence-corrected chi connectivity index (χ3v) is 4.16. The Morgan fingerprint density at radius 2 is 2.20 bits per heavy atom. The number of nitrogens with zero attached hydrogens (tertiary/aromatic N) is 2. The number of amides is 2. The van der Waals surface area contributed by atoms with Crippen LogP contribution in [0, 0.1) is 0 Å². The molecule has 1 aromatic rings. The van der Waals surface area contributed by atoms with E-state index in [-0.39, 0.29) is 17.9 Å². The summed E-state index contributed by atoms with van der Waals surface area (Å²) in [5.41, 5.74) is 6.29. The fraction of sp³-hybridized carbons (Fsp3) is 0.615. The largest absolute Gasteiger partial charge is 0.375 e. The highest BCUT2D eigenvalue weighted by Crippen LogP contribution is 2.15. The second kappa shape index (κ2) is 6.69. The molecule has 20 heavy (non-hydrogen) atoms. The number of nitrogen functional groups attached to an aromatic ring is 1. The number of anilines is 1. The number of nitrogens with two attached hydrogens (primary N) is 1. The molecule has 7 heteroatoms. The first-order valence-electron chi connectivity index (χ1n) is 6.85. The minimum absolute atomic E-state index is 0.0766. The molecule has 0 aliphatic carbocycles. The fourth-order valence-corrected chi connectivity index (χ4v) is 2.84. The third kappa shape index (κ3) is 3.93. The SMILES string of the molecule is CCC(=O)NC1CCN(C(=O)Cc2csc(N)n2)CC1. The highest BCUT2D eigenvalue weighted by atomic mass is 32.1. The van der Waals surface area contributed by atoms with Gasteiger partial charge in [0, 0.05) is 30.9 Å². The van der Waals surface area contributed by atoms with Crippen molar-refractivity contribution in [1.29, 1.82) is 0 Å². The number of nitrogens with one attached hydrogen (secondary N) is 1. The van der Waals surface area contributed by atoms with Crippen LogP contribution in [0.2, 0.25) is 0 Å². The zero-order chi connectivity index (χ0) is 14.5. The molecule has 3 N–H and O–H groups in total. The molecule has 1 aliphatic rings. The van der Waals surface area contributed by atoms with Crippen LogP contribution in [-0.2, 0) is 16.0 Å². The molecular weight excluding hydrogens is 276 g/mol. The van der Waals surface area contributed by atoms with Gasteiger partial charge in [-0.2, -0.15) is 0 Å². The van der Waals surface area contributed by atoms with Crippen molar-refractivity contribution < 1.29 is 9.59 Å². The van der Waals surface area contributed by atoms with E-state index >= 15 is 0 Å². The molecule has 2 rings (SSSR count). The summed E-state index contributed by atoms with van der Waals surface area (Å²) in [6, 6.07) is 0.196. The van der Waals surface area contributed by atoms with Gasteiger partial charge in [0.25, 0.3) is 0 Å². The van der Waals surface area contributed by atoms with Crippen LogP contribution >= 0.6 is 11.3 Å². The maximum absolute atomic E-state index is 12.1. The fourth-order valence-electron chi connectivity index (χ4n) is 2.27. The Morgan fingerprint density at radius 1 is 1.50 bits per heavy atom. The number of carbonyl (C=O) groups is 2. The molecule has 6 nitrogen and oxygen atoms in total. The minimum atomic E-state index is 0.0766. The molecule has 110 valence electrons. The lowest BCUT2D eigenvalue weighted by atomic mass is 10.0. The number of likely N-dealkylation sites (tertiary alicyclic amines) is 1. The zero-order valence-corrected chi connectivity index (χ0v) is 12.4. The lowest BCUT2D eigenvalue weighted by molar-refractivity contribution is -0.131. The van der Waals surface area contributed by atoms with Gasteiger partial charge in [-0.25, -0.2) is 4.98 Å². The normalized spacial score (nSPS) is 16.1. The van der Waals surface area contributed by atoms with Crippen LogP contribution in [0.25, 0.3) is 0 Å². The quantitative estimate of drug-likeness (QED) is 0.859.